The van der Waals surface area contributed by atoms with Crippen LogP contribution in [0.5, 0.6) is 0 Å². The van der Waals surface area contributed by atoms with Crippen LogP contribution in [0.3, 0.4) is 0 Å². The molecule has 1 amide bonds. The van der Waals surface area contributed by atoms with Crippen molar-refractivity contribution in [2.24, 2.45) is 0 Å². The molecule has 1 unspecified atom stereocenters. The number of amides is 1. The number of hydrogen-bond acceptors (Lipinski definition) is 2. The Labute approximate surface area is 112 Å². The van der Waals surface area contributed by atoms with Gasteiger partial charge in [-0.05, 0) is 18.9 Å². The van der Waals surface area contributed by atoms with Crippen LogP contribution in [0.4, 0.5) is 4.79 Å². The number of hydrogen-bond donors (Lipinski definition) is 0. The highest BCUT2D eigenvalue weighted by Gasteiger charge is 2.18. The fourth-order valence-electron chi connectivity index (χ4n) is 1.66. The Morgan fingerprint density at radius 2 is 1.89 bits per heavy atom. The van der Waals surface area contributed by atoms with Crippen LogP contribution in [0.2, 0.25) is 0 Å². The Kier molecular flexibility index (Phi) is 6.65. The first-order chi connectivity index (χ1) is 8.69. The van der Waals surface area contributed by atoms with Crippen molar-refractivity contribution in [3.63, 3.8) is 0 Å². The molecule has 1 atom stereocenters. The maximum Gasteiger partial charge on any atom is 0.312 e. The first kappa shape index (κ1) is 14.9. The Hall–Kier alpha value is -1.16. The molecule has 18 heavy (non-hydrogen) atoms. The standard InChI is InChI=1S/C14H21NO2S/c1-3-5-11-15(4-2)14(16)18(17)12-13-9-7-6-8-10-13/h6-10H,3-5,11-12H2,1-2H3. The minimum Gasteiger partial charge on any atom is -0.332 e. The monoisotopic (exact) mass is 267 g/mol. The Morgan fingerprint density at radius 3 is 2.44 bits per heavy atom. The second-order valence-electron chi connectivity index (χ2n) is 4.17. The van der Waals surface area contributed by atoms with Gasteiger partial charge in [0, 0.05) is 13.1 Å². The average molecular weight is 267 g/mol. The van der Waals surface area contributed by atoms with E-state index in [4.69, 9.17) is 0 Å². The third kappa shape index (κ3) is 4.61. The van der Waals surface area contributed by atoms with Gasteiger partial charge < -0.3 is 4.90 Å². The summed E-state index contributed by atoms with van der Waals surface area (Å²) in [5, 5.41) is -0.241. The molecule has 1 rings (SSSR count). The van der Waals surface area contributed by atoms with Gasteiger partial charge in [-0.3, -0.25) is 4.79 Å². The van der Waals surface area contributed by atoms with Gasteiger partial charge in [0.25, 0.3) is 0 Å². The molecule has 0 radical (unpaired) electrons. The van der Waals surface area contributed by atoms with Gasteiger partial charge in [-0.2, -0.15) is 0 Å². The summed E-state index contributed by atoms with van der Waals surface area (Å²) in [6.07, 6.45) is 2.00. The van der Waals surface area contributed by atoms with Gasteiger partial charge in [0.1, 0.15) is 10.8 Å². The van der Waals surface area contributed by atoms with Gasteiger partial charge in [-0.25, -0.2) is 4.21 Å². The minimum absolute atomic E-state index is 0.241. The number of carbonyl (C=O) groups excluding carboxylic acids is 1. The van der Waals surface area contributed by atoms with Crippen LogP contribution >= 0.6 is 0 Å². The highest BCUT2D eigenvalue weighted by Crippen LogP contribution is 2.07. The molecule has 0 aromatic heterocycles. The minimum atomic E-state index is -1.46. The van der Waals surface area contributed by atoms with Crippen LogP contribution < -0.4 is 0 Å². The molecule has 0 heterocycles. The smallest absolute Gasteiger partial charge is 0.312 e. The van der Waals surface area contributed by atoms with E-state index < -0.39 is 10.8 Å². The fraction of sp³-hybridized carbons (Fsp3) is 0.500. The van der Waals surface area contributed by atoms with E-state index in [0.29, 0.717) is 18.8 Å². The zero-order valence-corrected chi connectivity index (χ0v) is 11.9. The Balaban J connectivity index is 2.57. The Bertz CT molecular complexity index is 392. The van der Waals surface area contributed by atoms with Crippen LogP contribution in [0.15, 0.2) is 30.3 Å². The zero-order valence-electron chi connectivity index (χ0n) is 11.1. The van der Waals surface area contributed by atoms with Crippen LogP contribution in [0.25, 0.3) is 0 Å². The van der Waals surface area contributed by atoms with Crippen LogP contribution in [-0.2, 0) is 16.6 Å². The van der Waals surface area contributed by atoms with Crippen LogP contribution in [0, 0.1) is 0 Å². The van der Waals surface area contributed by atoms with E-state index in [-0.39, 0.29) is 5.24 Å². The lowest BCUT2D eigenvalue weighted by Gasteiger charge is -2.19. The zero-order chi connectivity index (χ0) is 13.4. The first-order valence-corrected chi connectivity index (χ1v) is 7.72. The molecule has 0 saturated heterocycles. The average Bonchev–Trinajstić information content (AvgIpc) is 2.40. The lowest BCUT2D eigenvalue weighted by molar-refractivity contribution is 0.223. The van der Waals surface area contributed by atoms with Gasteiger partial charge in [-0.15, -0.1) is 0 Å². The van der Waals surface area contributed by atoms with Crippen molar-refractivity contribution >= 4 is 16.0 Å². The maximum atomic E-state index is 12.0. The molecule has 0 aliphatic carbocycles. The molecular weight excluding hydrogens is 246 g/mol. The summed E-state index contributed by atoms with van der Waals surface area (Å²) < 4.78 is 12.0. The number of benzene rings is 1. The lowest BCUT2D eigenvalue weighted by atomic mass is 10.2. The van der Waals surface area contributed by atoms with Gasteiger partial charge in [0.15, 0.2) is 0 Å². The van der Waals surface area contributed by atoms with Gasteiger partial charge in [0.05, 0.1) is 5.75 Å². The molecule has 3 nitrogen and oxygen atoms in total. The predicted octanol–water partition coefficient (Wildman–Crippen LogP) is 3.18. The van der Waals surface area contributed by atoms with E-state index in [9.17, 15) is 9.00 Å². The summed E-state index contributed by atoms with van der Waals surface area (Å²) >= 11 is 0. The van der Waals surface area contributed by atoms with Crippen molar-refractivity contribution in [1.29, 1.82) is 0 Å². The summed E-state index contributed by atoms with van der Waals surface area (Å²) in [5.41, 5.74) is 0.940. The molecular formula is C14H21NO2S. The van der Waals surface area contributed by atoms with Crippen molar-refractivity contribution in [3.8, 4) is 0 Å². The van der Waals surface area contributed by atoms with Crippen molar-refractivity contribution in [2.75, 3.05) is 13.1 Å². The molecule has 0 aliphatic rings. The summed E-state index contributed by atoms with van der Waals surface area (Å²) in [5.74, 6) is 0.308. The van der Waals surface area contributed by atoms with E-state index in [0.717, 1.165) is 18.4 Å². The molecule has 1 aromatic carbocycles. The lowest BCUT2D eigenvalue weighted by Crippen LogP contribution is -2.33. The first-order valence-electron chi connectivity index (χ1n) is 6.40. The largest absolute Gasteiger partial charge is 0.332 e. The highest BCUT2D eigenvalue weighted by molar-refractivity contribution is 7.99. The quantitative estimate of drug-likeness (QED) is 0.794. The summed E-state index contributed by atoms with van der Waals surface area (Å²) in [6.45, 7) is 5.33. The fourth-order valence-corrected chi connectivity index (χ4v) is 2.79. The second-order valence-corrected chi connectivity index (χ2v) is 5.50. The normalized spacial score (nSPS) is 12.1. The maximum absolute atomic E-state index is 12.0. The van der Waals surface area contributed by atoms with E-state index in [1.54, 1.807) is 4.90 Å². The van der Waals surface area contributed by atoms with Crippen LogP contribution in [0.1, 0.15) is 32.3 Å². The molecule has 100 valence electrons. The second kappa shape index (κ2) is 8.03. The summed E-state index contributed by atoms with van der Waals surface area (Å²) in [7, 11) is -1.46. The van der Waals surface area contributed by atoms with Crippen LogP contribution in [-0.4, -0.2) is 27.4 Å². The summed E-state index contributed by atoms with van der Waals surface area (Å²) in [6, 6.07) is 9.49. The third-order valence-electron chi connectivity index (χ3n) is 2.76. The van der Waals surface area contributed by atoms with Crippen molar-refractivity contribution in [3.05, 3.63) is 35.9 Å². The Morgan fingerprint density at radius 1 is 1.22 bits per heavy atom. The SMILES string of the molecule is CCCCN(CC)C(=O)S(=O)Cc1ccccc1. The van der Waals surface area contributed by atoms with Crippen molar-refractivity contribution < 1.29 is 9.00 Å². The van der Waals surface area contributed by atoms with Gasteiger partial charge >= 0.3 is 5.24 Å². The number of nitrogens with zero attached hydrogens (tertiary/aromatic N) is 1. The molecule has 0 saturated carbocycles. The highest BCUT2D eigenvalue weighted by atomic mass is 32.2. The van der Waals surface area contributed by atoms with Crippen molar-refractivity contribution in [2.45, 2.75) is 32.4 Å². The third-order valence-corrected chi connectivity index (χ3v) is 4.00. The molecule has 0 spiro atoms. The number of carbonyl (C=O) groups is 1. The number of rotatable bonds is 6. The molecule has 1 aromatic rings. The van der Waals surface area contributed by atoms with E-state index >= 15 is 0 Å². The van der Waals surface area contributed by atoms with E-state index in [1.807, 2.05) is 37.3 Å². The predicted molar refractivity (Wildman–Crippen MR) is 75.8 cm³/mol. The van der Waals surface area contributed by atoms with Crippen molar-refractivity contribution in [1.82, 2.24) is 4.90 Å². The molecule has 0 fully saturated rings. The van der Waals surface area contributed by atoms with Gasteiger partial charge in [0.2, 0.25) is 0 Å². The molecule has 4 heteroatoms. The molecule has 0 N–H and O–H groups in total. The van der Waals surface area contributed by atoms with E-state index in [2.05, 4.69) is 6.92 Å². The van der Waals surface area contributed by atoms with Gasteiger partial charge in [-0.1, -0.05) is 43.7 Å². The molecule has 0 bridgehead atoms. The molecule has 0 aliphatic heterocycles. The summed E-state index contributed by atoms with van der Waals surface area (Å²) in [4.78, 5) is 13.7. The topological polar surface area (TPSA) is 37.4 Å². The number of unbranched alkanes of at least 4 members (excludes halogenated alkanes) is 1. The van der Waals surface area contributed by atoms with E-state index in [1.165, 1.54) is 0 Å².